The van der Waals surface area contributed by atoms with Gasteiger partial charge in [-0.25, -0.2) is 0 Å². The largest absolute Gasteiger partial charge is 0.376 e. The van der Waals surface area contributed by atoms with Crippen LogP contribution in [0.5, 0.6) is 0 Å². The summed E-state index contributed by atoms with van der Waals surface area (Å²) in [6.07, 6.45) is 5.59. The van der Waals surface area contributed by atoms with Crippen LogP contribution in [0.1, 0.15) is 41.5 Å². The number of aryl methyl sites for hydroxylation is 1. The number of nitrogens with zero attached hydrogens (tertiary/aromatic N) is 4. The Kier molecular flexibility index (Phi) is 5.25. The third-order valence-corrected chi connectivity index (χ3v) is 4.45. The molecule has 1 fully saturated rings. The van der Waals surface area contributed by atoms with E-state index in [9.17, 15) is 4.79 Å². The lowest BCUT2D eigenvalue weighted by atomic mass is 10.1. The molecule has 0 aromatic carbocycles. The van der Waals surface area contributed by atoms with Gasteiger partial charge in [-0.15, -0.1) is 0 Å². The molecule has 6 nitrogen and oxygen atoms in total. The van der Waals surface area contributed by atoms with Gasteiger partial charge in [-0.05, 0) is 38.8 Å². The molecule has 6 heteroatoms. The Balaban J connectivity index is 1.81. The Hall–Kier alpha value is -2.21. The highest BCUT2D eigenvalue weighted by atomic mass is 16.5. The Morgan fingerprint density at radius 2 is 2.33 bits per heavy atom. The van der Waals surface area contributed by atoms with Gasteiger partial charge in [0.15, 0.2) is 0 Å². The van der Waals surface area contributed by atoms with E-state index in [0.717, 1.165) is 37.4 Å². The van der Waals surface area contributed by atoms with Gasteiger partial charge in [-0.2, -0.15) is 5.10 Å². The van der Waals surface area contributed by atoms with Gasteiger partial charge in [0.25, 0.3) is 5.91 Å². The molecule has 1 atom stereocenters. The summed E-state index contributed by atoms with van der Waals surface area (Å²) in [6, 6.07) is 5.76. The molecule has 0 saturated carbocycles. The molecule has 1 amide bonds. The van der Waals surface area contributed by atoms with Crippen molar-refractivity contribution in [2.45, 2.75) is 45.9 Å². The maximum Gasteiger partial charge on any atom is 0.257 e. The molecule has 3 rings (SSSR count). The maximum absolute atomic E-state index is 13.1. The minimum absolute atomic E-state index is 0.00615. The Labute approximate surface area is 142 Å². The van der Waals surface area contributed by atoms with Crippen LogP contribution in [0.2, 0.25) is 0 Å². The highest BCUT2D eigenvalue weighted by Gasteiger charge is 2.26. The quantitative estimate of drug-likeness (QED) is 0.817. The van der Waals surface area contributed by atoms with Crippen LogP contribution in [-0.2, 0) is 17.8 Å². The van der Waals surface area contributed by atoms with Crippen molar-refractivity contribution in [1.29, 1.82) is 0 Å². The fourth-order valence-electron chi connectivity index (χ4n) is 3.09. The molecule has 0 radical (unpaired) electrons. The van der Waals surface area contributed by atoms with Crippen LogP contribution in [-0.4, -0.2) is 44.8 Å². The van der Waals surface area contributed by atoms with Gasteiger partial charge < -0.3 is 9.64 Å². The fourth-order valence-corrected chi connectivity index (χ4v) is 3.09. The predicted octanol–water partition coefficient (Wildman–Crippen LogP) is 2.43. The van der Waals surface area contributed by atoms with Crippen molar-refractivity contribution in [1.82, 2.24) is 19.7 Å². The number of carbonyl (C=O) groups is 1. The maximum atomic E-state index is 13.1. The van der Waals surface area contributed by atoms with E-state index in [1.807, 2.05) is 41.6 Å². The molecule has 128 valence electrons. The third-order valence-electron chi connectivity index (χ3n) is 4.45. The summed E-state index contributed by atoms with van der Waals surface area (Å²) in [6.45, 7) is 6.57. The van der Waals surface area contributed by atoms with Crippen molar-refractivity contribution in [3.63, 3.8) is 0 Å². The highest BCUT2D eigenvalue weighted by Crippen LogP contribution is 2.18. The van der Waals surface area contributed by atoms with Gasteiger partial charge in [0, 0.05) is 31.6 Å². The summed E-state index contributed by atoms with van der Waals surface area (Å²) in [4.78, 5) is 19.3. The van der Waals surface area contributed by atoms with Crippen LogP contribution in [0.3, 0.4) is 0 Å². The topological polar surface area (TPSA) is 60.2 Å². The molecule has 2 aromatic rings. The van der Waals surface area contributed by atoms with Crippen LogP contribution in [0.4, 0.5) is 0 Å². The second-order valence-electron chi connectivity index (χ2n) is 6.10. The van der Waals surface area contributed by atoms with Gasteiger partial charge >= 0.3 is 0 Å². The summed E-state index contributed by atoms with van der Waals surface area (Å²) < 4.78 is 7.57. The van der Waals surface area contributed by atoms with E-state index in [-0.39, 0.29) is 12.0 Å². The standard InChI is InChI=1S/C18H24N4O2/c1-3-22-14(2)17(11-20-22)18(23)21(13-16-8-6-10-24-16)12-15-7-4-5-9-19-15/h4-5,7,9,11,16H,3,6,8,10,12-13H2,1-2H3/t16-/m0/s1. The summed E-state index contributed by atoms with van der Waals surface area (Å²) >= 11 is 0. The molecule has 1 aliphatic rings. The van der Waals surface area contributed by atoms with E-state index < -0.39 is 0 Å². The van der Waals surface area contributed by atoms with Crippen molar-refractivity contribution in [2.24, 2.45) is 0 Å². The fraction of sp³-hybridized carbons (Fsp3) is 0.500. The van der Waals surface area contributed by atoms with Gasteiger partial charge in [0.1, 0.15) is 0 Å². The van der Waals surface area contributed by atoms with Gasteiger partial charge in [-0.3, -0.25) is 14.5 Å². The van der Waals surface area contributed by atoms with Crippen LogP contribution >= 0.6 is 0 Å². The normalized spacial score (nSPS) is 17.2. The molecule has 1 aliphatic heterocycles. The lowest BCUT2D eigenvalue weighted by Gasteiger charge is -2.25. The summed E-state index contributed by atoms with van der Waals surface area (Å²) in [5.74, 6) is -0.00615. The molecule has 0 spiro atoms. The molecular formula is C18H24N4O2. The monoisotopic (exact) mass is 328 g/mol. The highest BCUT2D eigenvalue weighted by molar-refractivity contribution is 5.95. The molecule has 0 aliphatic carbocycles. The first kappa shape index (κ1) is 16.6. The Bertz CT molecular complexity index is 678. The smallest absolute Gasteiger partial charge is 0.257 e. The molecule has 24 heavy (non-hydrogen) atoms. The molecule has 0 unspecified atom stereocenters. The molecular weight excluding hydrogens is 304 g/mol. The number of hydrogen-bond donors (Lipinski definition) is 0. The minimum atomic E-state index is -0.00615. The van der Waals surface area contributed by atoms with Crippen molar-refractivity contribution in [3.05, 3.63) is 47.5 Å². The lowest BCUT2D eigenvalue weighted by Crippen LogP contribution is -2.37. The van der Waals surface area contributed by atoms with Crippen LogP contribution in [0.25, 0.3) is 0 Å². The predicted molar refractivity (Wildman–Crippen MR) is 90.6 cm³/mol. The number of hydrogen-bond acceptors (Lipinski definition) is 4. The van der Waals surface area contributed by atoms with Crippen molar-refractivity contribution < 1.29 is 9.53 Å². The van der Waals surface area contributed by atoms with Crippen LogP contribution < -0.4 is 0 Å². The average Bonchev–Trinajstić information content (AvgIpc) is 3.24. The van der Waals surface area contributed by atoms with Crippen molar-refractivity contribution in [3.8, 4) is 0 Å². The summed E-state index contributed by atoms with van der Waals surface area (Å²) in [5.41, 5.74) is 2.44. The van der Waals surface area contributed by atoms with E-state index in [0.29, 0.717) is 18.7 Å². The Morgan fingerprint density at radius 3 is 2.96 bits per heavy atom. The summed E-state index contributed by atoms with van der Waals surface area (Å²) in [7, 11) is 0. The number of aromatic nitrogens is 3. The van der Waals surface area contributed by atoms with Crippen LogP contribution in [0, 0.1) is 6.92 Å². The molecule has 1 saturated heterocycles. The number of rotatable bonds is 6. The van der Waals surface area contributed by atoms with Crippen LogP contribution in [0.15, 0.2) is 30.6 Å². The van der Waals surface area contributed by atoms with Gasteiger partial charge in [0.2, 0.25) is 0 Å². The minimum Gasteiger partial charge on any atom is -0.376 e. The van der Waals surface area contributed by atoms with E-state index in [2.05, 4.69) is 10.1 Å². The number of ether oxygens (including phenoxy) is 1. The molecule has 2 aromatic heterocycles. The molecule has 3 heterocycles. The van der Waals surface area contributed by atoms with E-state index in [1.54, 1.807) is 12.4 Å². The zero-order valence-electron chi connectivity index (χ0n) is 14.3. The first-order valence-corrected chi connectivity index (χ1v) is 8.52. The SMILES string of the molecule is CCn1ncc(C(=O)N(Cc2ccccn2)C[C@@H]2CCCO2)c1C. The first-order valence-electron chi connectivity index (χ1n) is 8.52. The van der Waals surface area contributed by atoms with E-state index >= 15 is 0 Å². The lowest BCUT2D eigenvalue weighted by molar-refractivity contribution is 0.0503. The van der Waals surface area contributed by atoms with Gasteiger partial charge in [-0.1, -0.05) is 6.07 Å². The third kappa shape index (κ3) is 3.64. The zero-order valence-corrected chi connectivity index (χ0v) is 14.3. The summed E-state index contributed by atoms with van der Waals surface area (Å²) in [5, 5.41) is 4.30. The van der Waals surface area contributed by atoms with E-state index in [4.69, 9.17) is 4.74 Å². The van der Waals surface area contributed by atoms with Crippen molar-refractivity contribution in [2.75, 3.05) is 13.2 Å². The second-order valence-corrected chi connectivity index (χ2v) is 6.10. The second kappa shape index (κ2) is 7.57. The average molecular weight is 328 g/mol. The van der Waals surface area contributed by atoms with E-state index in [1.165, 1.54) is 0 Å². The Morgan fingerprint density at radius 1 is 1.46 bits per heavy atom. The molecule has 0 bridgehead atoms. The molecule has 0 N–H and O–H groups in total. The first-order chi connectivity index (χ1) is 11.7. The zero-order chi connectivity index (χ0) is 16.9. The number of amides is 1. The number of pyridine rings is 1. The van der Waals surface area contributed by atoms with Gasteiger partial charge in [0.05, 0.1) is 30.1 Å². The van der Waals surface area contributed by atoms with Crippen molar-refractivity contribution >= 4 is 5.91 Å². The number of carbonyl (C=O) groups excluding carboxylic acids is 1.